The fraction of sp³-hybridized carbons (Fsp3) is 0.333. The van der Waals surface area contributed by atoms with E-state index in [0.29, 0.717) is 5.28 Å². The van der Waals surface area contributed by atoms with Gasteiger partial charge in [-0.25, -0.2) is 0 Å². The Hall–Kier alpha value is -1.35. The van der Waals surface area contributed by atoms with Crippen LogP contribution in [-0.4, -0.2) is 14.8 Å². The molecule has 1 heterocycles. The lowest BCUT2D eigenvalue weighted by Gasteiger charge is -2.10. The molecule has 84 valence electrons. The smallest absolute Gasteiger partial charge is 0.229 e. The maximum Gasteiger partial charge on any atom is 0.229 e. The van der Waals surface area contributed by atoms with Gasteiger partial charge >= 0.3 is 0 Å². The molecule has 0 bridgehead atoms. The van der Waals surface area contributed by atoms with Gasteiger partial charge in [0.2, 0.25) is 5.28 Å². The second-order valence-electron chi connectivity index (χ2n) is 3.86. The molecule has 0 spiro atoms. The SMILES string of the molecule is CCc1nnc(Cl)n1-c1cc(C)ccc1C. The molecular weight excluding hydrogens is 222 g/mol. The van der Waals surface area contributed by atoms with Crippen molar-refractivity contribution in [3.63, 3.8) is 0 Å². The molecule has 0 N–H and O–H groups in total. The van der Waals surface area contributed by atoms with Crippen LogP contribution in [0.5, 0.6) is 0 Å². The Labute approximate surface area is 100 Å². The van der Waals surface area contributed by atoms with E-state index in [-0.39, 0.29) is 0 Å². The lowest BCUT2D eigenvalue weighted by Crippen LogP contribution is -2.02. The number of aromatic nitrogens is 3. The summed E-state index contributed by atoms with van der Waals surface area (Å²) in [6.45, 7) is 6.17. The van der Waals surface area contributed by atoms with Crippen molar-refractivity contribution in [3.05, 3.63) is 40.4 Å². The predicted octanol–water partition coefficient (Wildman–Crippen LogP) is 3.10. The monoisotopic (exact) mass is 235 g/mol. The number of nitrogens with zero attached hydrogens (tertiary/aromatic N) is 3. The van der Waals surface area contributed by atoms with Crippen LogP contribution in [0.25, 0.3) is 5.69 Å². The summed E-state index contributed by atoms with van der Waals surface area (Å²) < 4.78 is 1.91. The summed E-state index contributed by atoms with van der Waals surface area (Å²) in [5.74, 6) is 0.888. The van der Waals surface area contributed by atoms with E-state index in [1.54, 1.807) is 0 Å². The quantitative estimate of drug-likeness (QED) is 0.801. The molecule has 16 heavy (non-hydrogen) atoms. The molecule has 0 amide bonds. The molecule has 0 aliphatic rings. The van der Waals surface area contributed by atoms with Crippen molar-refractivity contribution in [2.24, 2.45) is 0 Å². The van der Waals surface area contributed by atoms with Crippen LogP contribution in [0.15, 0.2) is 18.2 Å². The van der Waals surface area contributed by atoms with Crippen molar-refractivity contribution in [1.29, 1.82) is 0 Å². The van der Waals surface area contributed by atoms with Crippen LogP contribution in [0.4, 0.5) is 0 Å². The van der Waals surface area contributed by atoms with Crippen LogP contribution in [0, 0.1) is 13.8 Å². The van der Waals surface area contributed by atoms with Crippen molar-refractivity contribution in [3.8, 4) is 5.69 Å². The molecule has 2 aromatic rings. The van der Waals surface area contributed by atoms with E-state index in [0.717, 1.165) is 17.9 Å². The second-order valence-corrected chi connectivity index (χ2v) is 4.20. The number of benzene rings is 1. The molecule has 0 saturated heterocycles. The topological polar surface area (TPSA) is 30.7 Å². The molecule has 1 aromatic carbocycles. The maximum absolute atomic E-state index is 6.07. The first-order chi connectivity index (χ1) is 7.63. The second kappa shape index (κ2) is 4.26. The van der Waals surface area contributed by atoms with Crippen LogP contribution in [0.1, 0.15) is 23.9 Å². The number of rotatable bonds is 2. The highest BCUT2D eigenvalue weighted by Gasteiger charge is 2.12. The molecule has 0 saturated carbocycles. The minimum Gasteiger partial charge on any atom is -0.269 e. The van der Waals surface area contributed by atoms with Crippen LogP contribution < -0.4 is 0 Å². The van der Waals surface area contributed by atoms with Gasteiger partial charge in [0.1, 0.15) is 5.82 Å². The van der Waals surface area contributed by atoms with E-state index in [1.807, 2.05) is 11.5 Å². The Kier molecular flexibility index (Phi) is 2.97. The normalized spacial score (nSPS) is 10.8. The van der Waals surface area contributed by atoms with Crippen LogP contribution >= 0.6 is 11.6 Å². The first-order valence-electron chi connectivity index (χ1n) is 5.31. The molecular formula is C12H14ClN3. The van der Waals surface area contributed by atoms with Gasteiger partial charge in [-0.1, -0.05) is 19.1 Å². The summed E-state index contributed by atoms with van der Waals surface area (Å²) in [4.78, 5) is 0. The summed E-state index contributed by atoms with van der Waals surface area (Å²) in [6, 6.07) is 6.27. The van der Waals surface area contributed by atoms with Gasteiger partial charge in [-0.05, 0) is 42.6 Å². The van der Waals surface area contributed by atoms with Crippen LogP contribution in [-0.2, 0) is 6.42 Å². The molecule has 0 aliphatic carbocycles. The van der Waals surface area contributed by atoms with Gasteiger partial charge in [0.25, 0.3) is 0 Å². The third kappa shape index (κ3) is 1.83. The summed E-state index contributed by atoms with van der Waals surface area (Å²) in [5.41, 5.74) is 3.43. The van der Waals surface area contributed by atoms with Gasteiger partial charge in [-0.15, -0.1) is 10.2 Å². The lowest BCUT2D eigenvalue weighted by molar-refractivity contribution is 0.878. The first-order valence-corrected chi connectivity index (χ1v) is 5.68. The molecule has 0 radical (unpaired) electrons. The minimum atomic E-state index is 0.422. The summed E-state index contributed by atoms with van der Waals surface area (Å²) in [6.07, 6.45) is 0.813. The number of hydrogen-bond acceptors (Lipinski definition) is 2. The van der Waals surface area contributed by atoms with Gasteiger partial charge in [-0.2, -0.15) is 0 Å². The molecule has 2 rings (SSSR count). The fourth-order valence-electron chi connectivity index (χ4n) is 1.72. The summed E-state index contributed by atoms with van der Waals surface area (Å²) >= 11 is 6.07. The number of halogens is 1. The van der Waals surface area contributed by atoms with Gasteiger partial charge in [-0.3, -0.25) is 4.57 Å². The zero-order valence-electron chi connectivity index (χ0n) is 9.66. The van der Waals surface area contributed by atoms with E-state index in [4.69, 9.17) is 11.6 Å². The highest BCUT2D eigenvalue weighted by molar-refractivity contribution is 6.28. The van der Waals surface area contributed by atoms with Crippen molar-refractivity contribution in [1.82, 2.24) is 14.8 Å². The third-order valence-electron chi connectivity index (χ3n) is 2.61. The molecule has 4 heteroatoms. The Bertz CT molecular complexity index is 517. The molecule has 1 aromatic heterocycles. The number of aryl methyl sites for hydroxylation is 3. The largest absolute Gasteiger partial charge is 0.269 e. The Balaban J connectivity index is 2.66. The molecule has 0 aliphatic heterocycles. The highest BCUT2D eigenvalue weighted by atomic mass is 35.5. The Morgan fingerprint density at radius 2 is 2.00 bits per heavy atom. The zero-order valence-corrected chi connectivity index (χ0v) is 10.4. The molecule has 0 atom stereocenters. The van der Waals surface area contributed by atoms with Crippen LogP contribution in [0.2, 0.25) is 5.28 Å². The van der Waals surface area contributed by atoms with Crippen molar-refractivity contribution >= 4 is 11.6 Å². The van der Waals surface area contributed by atoms with Gasteiger partial charge in [0.05, 0.1) is 5.69 Å². The van der Waals surface area contributed by atoms with Gasteiger partial charge < -0.3 is 0 Å². The van der Waals surface area contributed by atoms with E-state index in [1.165, 1.54) is 11.1 Å². The van der Waals surface area contributed by atoms with E-state index < -0.39 is 0 Å². The lowest BCUT2D eigenvalue weighted by atomic mass is 10.1. The average molecular weight is 236 g/mol. The Morgan fingerprint density at radius 1 is 1.25 bits per heavy atom. The molecule has 0 unspecified atom stereocenters. The van der Waals surface area contributed by atoms with Crippen molar-refractivity contribution in [2.45, 2.75) is 27.2 Å². The standard InChI is InChI=1S/C12H14ClN3/c1-4-11-14-15-12(13)16(11)10-7-8(2)5-6-9(10)3/h5-7H,4H2,1-3H3. The fourth-order valence-corrected chi connectivity index (χ4v) is 1.95. The van der Waals surface area contributed by atoms with Crippen LogP contribution in [0.3, 0.4) is 0 Å². The average Bonchev–Trinajstić information content (AvgIpc) is 2.63. The van der Waals surface area contributed by atoms with Crippen molar-refractivity contribution in [2.75, 3.05) is 0 Å². The Morgan fingerprint density at radius 3 is 2.69 bits per heavy atom. The first kappa shape index (κ1) is 11.1. The minimum absolute atomic E-state index is 0.422. The zero-order chi connectivity index (χ0) is 11.7. The predicted molar refractivity (Wildman–Crippen MR) is 65.2 cm³/mol. The van der Waals surface area contributed by atoms with Gasteiger partial charge in [0, 0.05) is 6.42 Å². The third-order valence-corrected chi connectivity index (χ3v) is 2.86. The van der Waals surface area contributed by atoms with E-state index in [2.05, 4.69) is 42.2 Å². The summed E-state index contributed by atoms with van der Waals surface area (Å²) in [7, 11) is 0. The van der Waals surface area contributed by atoms with E-state index in [9.17, 15) is 0 Å². The van der Waals surface area contributed by atoms with E-state index >= 15 is 0 Å². The highest BCUT2D eigenvalue weighted by Crippen LogP contribution is 2.21. The molecule has 0 fully saturated rings. The molecule has 3 nitrogen and oxygen atoms in total. The van der Waals surface area contributed by atoms with Crippen molar-refractivity contribution < 1.29 is 0 Å². The number of hydrogen-bond donors (Lipinski definition) is 0. The van der Waals surface area contributed by atoms with Gasteiger partial charge in [0.15, 0.2) is 0 Å². The maximum atomic E-state index is 6.07. The summed E-state index contributed by atoms with van der Waals surface area (Å²) in [5, 5.41) is 8.40.